The third kappa shape index (κ3) is 4.54. The zero-order valence-electron chi connectivity index (χ0n) is 15.2. The molecule has 1 heterocycles. The lowest BCUT2D eigenvalue weighted by molar-refractivity contribution is 0.788. The Balaban J connectivity index is 1.73. The van der Waals surface area contributed by atoms with Crippen molar-refractivity contribution in [2.24, 2.45) is 0 Å². The lowest BCUT2D eigenvalue weighted by Gasteiger charge is -2.06. The van der Waals surface area contributed by atoms with Gasteiger partial charge in [-0.1, -0.05) is 75.2 Å². The van der Waals surface area contributed by atoms with Gasteiger partial charge >= 0.3 is 0 Å². The molecule has 0 bridgehead atoms. The fourth-order valence-corrected chi connectivity index (χ4v) is 2.98. The van der Waals surface area contributed by atoms with Crippen LogP contribution in [0, 0.1) is 0 Å². The highest BCUT2D eigenvalue weighted by Crippen LogP contribution is 2.23. The van der Waals surface area contributed by atoms with E-state index in [4.69, 9.17) is 0 Å². The van der Waals surface area contributed by atoms with Gasteiger partial charge in [-0.3, -0.25) is 0 Å². The normalized spacial score (nSPS) is 10.8. The molecule has 0 radical (unpaired) electrons. The number of aryl methyl sites for hydroxylation is 2. The number of unbranched alkanes of at least 4 members (excludes halogenated alkanes) is 1. The van der Waals surface area contributed by atoms with E-state index in [0.29, 0.717) is 0 Å². The van der Waals surface area contributed by atoms with Crippen LogP contribution in [0.5, 0.6) is 0 Å². The lowest BCUT2D eigenvalue weighted by atomic mass is 10.0. The lowest BCUT2D eigenvalue weighted by Crippen LogP contribution is -1.93. The van der Waals surface area contributed by atoms with Crippen LogP contribution >= 0.6 is 0 Å². The second-order valence-corrected chi connectivity index (χ2v) is 6.54. The van der Waals surface area contributed by atoms with Crippen LogP contribution in [0.4, 0.5) is 0 Å². The van der Waals surface area contributed by atoms with Crippen molar-refractivity contribution in [1.82, 2.24) is 9.97 Å². The molecular weight excluding hydrogens is 304 g/mol. The van der Waals surface area contributed by atoms with E-state index in [1.165, 1.54) is 41.5 Å². The van der Waals surface area contributed by atoms with Crippen LogP contribution in [-0.2, 0) is 12.8 Å². The zero-order valence-corrected chi connectivity index (χ0v) is 15.2. The van der Waals surface area contributed by atoms with E-state index in [-0.39, 0.29) is 0 Å². The molecule has 0 N–H and O–H groups in total. The first-order valence-electron chi connectivity index (χ1n) is 9.31. The summed E-state index contributed by atoms with van der Waals surface area (Å²) in [7, 11) is 0. The van der Waals surface area contributed by atoms with Crippen LogP contribution in [0.15, 0.2) is 60.9 Å². The minimum atomic E-state index is 0.796. The summed E-state index contributed by atoms with van der Waals surface area (Å²) < 4.78 is 0. The van der Waals surface area contributed by atoms with Gasteiger partial charge in [0, 0.05) is 18.0 Å². The van der Waals surface area contributed by atoms with E-state index in [1.54, 1.807) is 0 Å². The molecule has 3 aromatic rings. The molecule has 0 unspecified atom stereocenters. The highest BCUT2D eigenvalue weighted by Gasteiger charge is 2.03. The molecule has 0 aliphatic heterocycles. The van der Waals surface area contributed by atoms with Crippen LogP contribution < -0.4 is 0 Å². The van der Waals surface area contributed by atoms with Crippen molar-refractivity contribution in [3.63, 3.8) is 0 Å². The van der Waals surface area contributed by atoms with E-state index in [0.717, 1.165) is 24.2 Å². The topological polar surface area (TPSA) is 25.8 Å². The molecule has 0 fully saturated rings. The Morgan fingerprint density at radius 3 is 1.72 bits per heavy atom. The third-order valence-electron chi connectivity index (χ3n) is 4.49. The molecule has 2 nitrogen and oxygen atoms in total. The SMILES string of the molecule is CCCCc1cnc(-c2ccc(-c3ccc(CCC)cc3)cc2)nc1. The van der Waals surface area contributed by atoms with Crippen LogP contribution in [0.3, 0.4) is 0 Å². The summed E-state index contributed by atoms with van der Waals surface area (Å²) in [6.45, 7) is 4.42. The second kappa shape index (κ2) is 8.57. The number of hydrogen-bond acceptors (Lipinski definition) is 2. The van der Waals surface area contributed by atoms with Crippen molar-refractivity contribution in [2.45, 2.75) is 46.0 Å². The average Bonchev–Trinajstić information content (AvgIpc) is 2.68. The van der Waals surface area contributed by atoms with E-state index < -0.39 is 0 Å². The standard InChI is InChI=1S/C23H26N2/c1-3-5-7-19-16-24-23(25-17-19)22-14-12-21(13-15-22)20-10-8-18(6-4-2)9-11-20/h8-17H,3-7H2,1-2H3. The highest BCUT2D eigenvalue weighted by atomic mass is 14.9. The molecule has 2 aromatic carbocycles. The van der Waals surface area contributed by atoms with Crippen molar-refractivity contribution >= 4 is 0 Å². The number of benzene rings is 2. The average molecular weight is 330 g/mol. The van der Waals surface area contributed by atoms with Gasteiger partial charge in [0.25, 0.3) is 0 Å². The molecule has 1 aromatic heterocycles. The number of hydrogen-bond donors (Lipinski definition) is 0. The monoisotopic (exact) mass is 330 g/mol. The maximum atomic E-state index is 4.53. The molecular formula is C23H26N2. The minimum Gasteiger partial charge on any atom is -0.236 e. The fourth-order valence-electron chi connectivity index (χ4n) is 2.98. The minimum absolute atomic E-state index is 0.796. The first kappa shape index (κ1) is 17.3. The van der Waals surface area contributed by atoms with Gasteiger partial charge in [0.1, 0.15) is 0 Å². The Kier molecular flexibility index (Phi) is 5.95. The Morgan fingerprint density at radius 2 is 1.16 bits per heavy atom. The smallest absolute Gasteiger partial charge is 0.159 e. The number of nitrogens with zero attached hydrogens (tertiary/aromatic N) is 2. The highest BCUT2D eigenvalue weighted by molar-refractivity contribution is 5.67. The summed E-state index contributed by atoms with van der Waals surface area (Å²) in [4.78, 5) is 9.05. The fraction of sp³-hybridized carbons (Fsp3) is 0.304. The number of rotatable bonds is 7. The van der Waals surface area contributed by atoms with Crippen LogP contribution in [0.2, 0.25) is 0 Å². The summed E-state index contributed by atoms with van der Waals surface area (Å²) >= 11 is 0. The summed E-state index contributed by atoms with van der Waals surface area (Å²) in [5, 5.41) is 0. The molecule has 3 rings (SSSR count). The first-order chi connectivity index (χ1) is 12.3. The quantitative estimate of drug-likeness (QED) is 0.522. The third-order valence-corrected chi connectivity index (χ3v) is 4.49. The van der Waals surface area contributed by atoms with E-state index in [2.05, 4.69) is 72.3 Å². The van der Waals surface area contributed by atoms with Crippen LogP contribution in [0.25, 0.3) is 22.5 Å². The summed E-state index contributed by atoms with van der Waals surface area (Å²) in [5.74, 6) is 0.796. The number of aromatic nitrogens is 2. The van der Waals surface area contributed by atoms with Crippen molar-refractivity contribution in [1.29, 1.82) is 0 Å². The Morgan fingerprint density at radius 1 is 0.600 bits per heavy atom. The summed E-state index contributed by atoms with van der Waals surface area (Å²) in [5.41, 5.74) is 6.16. The van der Waals surface area contributed by atoms with Gasteiger partial charge < -0.3 is 0 Å². The van der Waals surface area contributed by atoms with Crippen LogP contribution in [-0.4, -0.2) is 9.97 Å². The Hall–Kier alpha value is -2.48. The van der Waals surface area contributed by atoms with Gasteiger partial charge in [-0.15, -0.1) is 0 Å². The summed E-state index contributed by atoms with van der Waals surface area (Å²) in [6.07, 6.45) is 9.69. The molecule has 0 atom stereocenters. The molecule has 0 amide bonds. The van der Waals surface area contributed by atoms with Gasteiger partial charge in [0.05, 0.1) is 0 Å². The Bertz CT molecular complexity index is 772. The molecule has 2 heteroatoms. The molecule has 128 valence electrons. The summed E-state index contributed by atoms with van der Waals surface area (Å²) in [6, 6.07) is 17.4. The van der Waals surface area contributed by atoms with Gasteiger partial charge in [0.15, 0.2) is 5.82 Å². The molecule has 0 aliphatic rings. The first-order valence-corrected chi connectivity index (χ1v) is 9.31. The maximum Gasteiger partial charge on any atom is 0.159 e. The molecule has 0 spiro atoms. The van der Waals surface area contributed by atoms with Gasteiger partial charge in [0.2, 0.25) is 0 Å². The van der Waals surface area contributed by atoms with E-state index in [1.807, 2.05) is 12.4 Å². The van der Waals surface area contributed by atoms with Gasteiger partial charge in [-0.05, 0) is 41.5 Å². The second-order valence-electron chi connectivity index (χ2n) is 6.54. The molecule has 25 heavy (non-hydrogen) atoms. The predicted octanol–water partition coefficient (Wildman–Crippen LogP) is 6.11. The van der Waals surface area contributed by atoms with Gasteiger partial charge in [-0.2, -0.15) is 0 Å². The van der Waals surface area contributed by atoms with Crippen LogP contribution in [0.1, 0.15) is 44.2 Å². The van der Waals surface area contributed by atoms with E-state index >= 15 is 0 Å². The van der Waals surface area contributed by atoms with Crippen molar-refractivity contribution in [3.05, 3.63) is 72.1 Å². The van der Waals surface area contributed by atoms with Crippen molar-refractivity contribution < 1.29 is 0 Å². The molecule has 0 saturated carbocycles. The predicted molar refractivity (Wildman–Crippen MR) is 106 cm³/mol. The molecule has 0 aliphatic carbocycles. The van der Waals surface area contributed by atoms with Gasteiger partial charge in [-0.25, -0.2) is 9.97 Å². The van der Waals surface area contributed by atoms with Crippen molar-refractivity contribution in [3.8, 4) is 22.5 Å². The largest absolute Gasteiger partial charge is 0.236 e. The van der Waals surface area contributed by atoms with E-state index in [9.17, 15) is 0 Å². The molecule has 0 saturated heterocycles. The maximum absolute atomic E-state index is 4.53. The zero-order chi connectivity index (χ0) is 17.5. The Labute approximate surface area is 151 Å². The van der Waals surface area contributed by atoms with Crippen molar-refractivity contribution in [2.75, 3.05) is 0 Å².